The second-order valence-corrected chi connectivity index (χ2v) is 6.34. The molecule has 0 amide bonds. The van der Waals surface area contributed by atoms with Gasteiger partial charge in [0.05, 0.1) is 18.3 Å². The molecule has 1 atom stereocenters. The maximum atomic E-state index is 5.58. The zero-order chi connectivity index (χ0) is 17.8. The SMILES string of the molecule is Cc1nccc(-c2ccc(-c3noc(CNC[C@@H]4CCCO4)n3)cc2)n1. The van der Waals surface area contributed by atoms with Crippen LogP contribution < -0.4 is 5.32 Å². The van der Waals surface area contributed by atoms with Gasteiger partial charge >= 0.3 is 0 Å². The van der Waals surface area contributed by atoms with Gasteiger partial charge in [0.15, 0.2) is 0 Å². The van der Waals surface area contributed by atoms with Gasteiger partial charge in [-0.3, -0.25) is 0 Å². The molecule has 0 unspecified atom stereocenters. The van der Waals surface area contributed by atoms with E-state index in [-0.39, 0.29) is 0 Å². The predicted octanol–water partition coefficient (Wildman–Crippen LogP) is 2.77. The lowest BCUT2D eigenvalue weighted by Crippen LogP contribution is -2.25. The summed E-state index contributed by atoms with van der Waals surface area (Å²) < 4.78 is 10.9. The van der Waals surface area contributed by atoms with Crippen LogP contribution in [0.25, 0.3) is 22.6 Å². The molecule has 4 rings (SSSR count). The van der Waals surface area contributed by atoms with Crippen LogP contribution in [-0.4, -0.2) is 39.4 Å². The smallest absolute Gasteiger partial charge is 0.240 e. The van der Waals surface area contributed by atoms with E-state index in [9.17, 15) is 0 Å². The third-order valence-corrected chi connectivity index (χ3v) is 4.36. The minimum absolute atomic E-state index is 0.301. The molecule has 3 aromatic rings. The summed E-state index contributed by atoms with van der Waals surface area (Å²) in [6.45, 7) is 4.10. The van der Waals surface area contributed by atoms with Crippen molar-refractivity contribution in [2.24, 2.45) is 0 Å². The average molecular weight is 351 g/mol. The van der Waals surface area contributed by atoms with Crippen molar-refractivity contribution in [2.45, 2.75) is 32.4 Å². The van der Waals surface area contributed by atoms with E-state index >= 15 is 0 Å². The Balaban J connectivity index is 1.39. The Morgan fingerprint density at radius 1 is 1.12 bits per heavy atom. The Morgan fingerprint density at radius 3 is 2.73 bits per heavy atom. The first-order chi connectivity index (χ1) is 12.8. The fourth-order valence-electron chi connectivity index (χ4n) is 3.00. The Labute approximate surface area is 151 Å². The molecule has 0 saturated carbocycles. The quantitative estimate of drug-likeness (QED) is 0.731. The van der Waals surface area contributed by atoms with Crippen molar-refractivity contribution >= 4 is 0 Å². The van der Waals surface area contributed by atoms with Gasteiger partial charge in [0.1, 0.15) is 5.82 Å². The molecule has 3 heterocycles. The largest absolute Gasteiger partial charge is 0.377 e. The second kappa shape index (κ2) is 7.72. The molecule has 0 bridgehead atoms. The first-order valence-corrected chi connectivity index (χ1v) is 8.83. The van der Waals surface area contributed by atoms with Crippen LogP contribution >= 0.6 is 0 Å². The standard InChI is InChI=1S/C19H21N5O2/c1-13-21-9-8-17(22-13)14-4-6-15(7-5-14)19-23-18(26-24-19)12-20-11-16-3-2-10-25-16/h4-9,16,20H,2-3,10-12H2,1H3/t16-/m0/s1. The van der Waals surface area contributed by atoms with Crippen molar-refractivity contribution in [1.82, 2.24) is 25.4 Å². The Kier molecular flexibility index (Phi) is 4.99. The average Bonchev–Trinajstić information content (AvgIpc) is 3.34. The molecule has 1 aromatic carbocycles. The van der Waals surface area contributed by atoms with Crippen molar-refractivity contribution in [1.29, 1.82) is 0 Å². The van der Waals surface area contributed by atoms with Crippen LogP contribution in [0.5, 0.6) is 0 Å². The Hall–Kier alpha value is -2.64. The van der Waals surface area contributed by atoms with Gasteiger partial charge < -0.3 is 14.6 Å². The molecule has 1 aliphatic heterocycles. The maximum absolute atomic E-state index is 5.58. The van der Waals surface area contributed by atoms with Gasteiger partial charge in [0.25, 0.3) is 0 Å². The molecule has 7 heteroatoms. The molecule has 0 spiro atoms. The Morgan fingerprint density at radius 2 is 1.96 bits per heavy atom. The molecule has 0 aliphatic carbocycles. The van der Waals surface area contributed by atoms with Gasteiger partial charge in [-0.25, -0.2) is 9.97 Å². The van der Waals surface area contributed by atoms with E-state index in [1.165, 1.54) is 0 Å². The summed E-state index contributed by atoms with van der Waals surface area (Å²) in [6, 6.07) is 9.85. The van der Waals surface area contributed by atoms with E-state index in [1.807, 2.05) is 37.3 Å². The van der Waals surface area contributed by atoms with E-state index in [2.05, 4.69) is 25.4 Å². The molecule has 1 saturated heterocycles. The van der Waals surface area contributed by atoms with Gasteiger partial charge in [-0.05, 0) is 25.8 Å². The zero-order valence-corrected chi connectivity index (χ0v) is 14.7. The summed E-state index contributed by atoms with van der Waals surface area (Å²) in [6.07, 6.45) is 4.32. The predicted molar refractivity (Wildman–Crippen MR) is 96.2 cm³/mol. The number of hydrogen-bond donors (Lipinski definition) is 1. The van der Waals surface area contributed by atoms with Crippen molar-refractivity contribution in [3.05, 3.63) is 48.2 Å². The van der Waals surface area contributed by atoms with Crippen LogP contribution in [-0.2, 0) is 11.3 Å². The number of aromatic nitrogens is 4. The summed E-state index contributed by atoms with van der Waals surface area (Å²) in [4.78, 5) is 13.0. The monoisotopic (exact) mass is 351 g/mol. The van der Waals surface area contributed by atoms with Gasteiger partial charge in [-0.15, -0.1) is 0 Å². The molecule has 2 aromatic heterocycles. The molecule has 0 radical (unpaired) electrons. The summed E-state index contributed by atoms with van der Waals surface area (Å²) in [5.74, 6) is 1.92. The number of nitrogens with one attached hydrogen (secondary N) is 1. The van der Waals surface area contributed by atoms with E-state index in [0.717, 1.165) is 48.6 Å². The molecular weight excluding hydrogens is 330 g/mol. The highest BCUT2D eigenvalue weighted by molar-refractivity contribution is 5.64. The van der Waals surface area contributed by atoms with Gasteiger partial charge in [-0.2, -0.15) is 4.98 Å². The fourth-order valence-corrected chi connectivity index (χ4v) is 3.00. The molecule has 7 nitrogen and oxygen atoms in total. The summed E-state index contributed by atoms with van der Waals surface area (Å²) in [7, 11) is 0. The highest BCUT2D eigenvalue weighted by atomic mass is 16.5. The molecule has 1 N–H and O–H groups in total. The number of benzene rings is 1. The number of nitrogens with zero attached hydrogens (tertiary/aromatic N) is 4. The lowest BCUT2D eigenvalue weighted by Gasteiger charge is -2.08. The normalized spacial score (nSPS) is 16.9. The topological polar surface area (TPSA) is 86.0 Å². The maximum Gasteiger partial charge on any atom is 0.240 e. The highest BCUT2D eigenvalue weighted by Gasteiger charge is 2.15. The summed E-state index contributed by atoms with van der Waals surface area (Å²) in [5.41, 5.74) is 2.84. The number of rotatable bonds is 6. The van der Waals surface area contributed by atoms with E-state index < -0.39 is 0 Å². The van der Waals surface area contributed by atoms with Crippen molar-refractivity contribution in [3.63, 3.8) is 0 Å². The molecular formula is C19H21N5O2. The van der Waals surface area contributed by atoms with Crippen LogP contribution in [0.2, 0.25) is 0 Å². The number of ether oxygens (including phenoxy) is 1. The lowest BCUT2D eigenvalue weighted by molar-refractivity contribution is 0.109. The van der Waals surface area contributed by atoms with E-state index in [0.29, 0.717) is 24.4 Å². The van der Waals surface area contributed by atoms with Gasteiger partial charge in [-0.1, -0.05) is 29.4 Å². The molecule has 1 aliphatic rings. The van der Waals surface area contributed by atoms with E-state index in [1.54, 1.807) is 6.20 Å². The Bertz CT molecular complexity index is 856. The first kappa shape index (κ1) is 16.8. The summed E-state index contributed by atoms with van der Waals surface area (Å²) >= 11 is 0. The van der Waals surface area contributed by atoms with Crippen LogP contribution in [0.1, 0.15) is 24.6 Å². The van der Waals surface area contributed by atoms with Crippen LogP contribution in [0, 0.1) is 6.92 Å². The van der Waals surface area contributed by atoms with Crippen LogP contribution in [0.3, 0.4) is 0 Å². The zero-order valence-electron chi connectivity index (χ0n) is 14.7. The van der Waals surface area contributed by atoms with Gasteiger partial charge in [0, 0.05) is 30.5 Å². The van der Waals surface area contributed by atoms with Crippen molar-refractivity contribution in [2.75, 3.05) is 13.2 Å². The second-order valence-electron chi connectivity index (χ2n) is 6.34. The summed E-state index contributed by atoms with van der Waals surface area (Å²) in [5, 5.41) is 7.38. The highest BCUT2D eigenvalue weighted by Crippen LogP contribution is 2.22. The van der Waals surface area contributed by atoms with E-state index in [4.69, 9.17) is 9.26 Å². The minimum Gasteiger partial charge on any atom is -0.377 e. The van der Waals surface area contributed by atoms with Gasteiger partial charge in [0.2, 0.25) is 11.7 Å². The lowest BCUT2D eigenvalue weighted by atomic mass is 10.1. The molecule has 1 fully saturated rings. The minimum atomic E-state index is 0.301. The van der Waals surface area contributed by atoms with Crippen molar-refractivity contribution < 1.29 is 9.26 Å². The van der Waals surface area contributed by atoms with Crippen LogP contribution in [0.4, 0.5) is 0 Å². The third kappa shape index (κ3) is 3.95. The van der Waals surface area contributed by atoms with Crippen LogP contribution in [0.15, 0.2) is 41.1 Å². The number of hydrogen-bond acceptors (Lipinski definition) is 7. The molecule has 134 valence electrons. The third-order valence-electron chi connectivity index (χ3n) is 4.36. The number of aryl methyl sites for hydroxylation is 1. The molecule has 26 heavy (non-hydrogen) atoms. The fraction of sp³-hybridized carbons (Fsp3) is 0.368. The van der Waals surface area contributed by atoms with Crippen molar-refractivity contribution in [3.8, 4) is 22.6 Å². The first-order valence-electron chi connectivity index (χ1n) is 8.83.